The van der Waals surface area contributed by atoms with Crippen LogP contribution in [-0.4, -0.2) is 27.9 Å². The zero-order valence-electron chi connectivity index (χ0n) is 12.1. The molecular formula is C14H19BN2O2. The fourth-order valence-corrected chi connectivity index (χ4v) is 2.28. The smallest absolute Gasteiger partial charge is 0.399 e. The number of aryl methyl sites for hydroxylation is 1. The van der Waals surface area contributed by atoms with Crippen molar-refractivity contribution in [2.45, 2.75) is 38.9 Å². The van der Waals surface area contributed by atoms with Gasteiger partial charge in [0.2, 0.25) is 0 Å². The number of hydrogen-bond donors (Lipinski definition) is 0. The van der Waals surface area contributed by atoms with E-state index in [0.29, 0.717) is 0 Å². The van der Waals surface area contributed by atoms with Crippen LogP contribution < -0.4 is 5.46 Å². The normalized spacial score (nSPS) is 21.2. The molecule has 1 aliphatic heterocycles. The number of hydrogen-bond acceptors (Lipinski definition) is 3. The second-order valence-electron chi connectivity index (χ2n) is 6.20. The molecule has 4 nitrogen and oxygen atoms in total. The second kappa shape index (κ2) is 3.84. The van der Waals surface area contributed by atoms with Crippen molar-refractivity contribution < 1.29 is 9.31 Å². The standard InChI is InChI=1S/C14H19BN2O2/c1-13(2)14(3,4)19-15(18-13)11-8-10-6-7-17(5)12(10)16-9-11/h6-9H,1-5H3. The van der Waals surface area contributed by atoms with Crippen LogP contribution in [0.3, 0.4) is 0 Å². The van der Waals surface area contributed by atoms with Gasteiger partial charge in [-0.15, -0.1) is 0 Å². The van der Waals surface area contributed by atoms with Crippen molar-refractivity contribution in [3.8, 4) is 0 Å². The average molecular weight is 258 g/mol. The monoisotopic (exact) mass is 258 g/mol. The Labute approximate surface area is 113 Å². The van der Waals surface area contributed by atoms with Gasteiger partial charge in [-0.2, -0.15) is 0 Å². The Kier molecular flexibility index (Phi) is 2.56. The minimum absolute atomic E-state index is 0.316. The summed E-state index contributed by atoms with van der Waals surface area (Å²) >= 11 is 0. The highest BCUT2D eigenvalue weighted by atomic mass is 16.7. The highest BCUT2D eigenvalue weighted by Crippen LogP contribution is 2.36. The molecule has 5 heteroatoms. The highest BCUT2D eigenvalue weighted by Gasteiger charge is 2.51. The Hall–Kier alpha value is -1.33. The Morgan fingerprint density at radius 3 is 2.42 bits per heavy atom. The summed E-state index contributed by atoms with van der Waals surface area (Å²) in [6.45, 7) is 8.23. The van der Waals surface area contributed by atoms with Crippen LogP contribution in [0.5, 0.6) is 0 Å². The maximum atomic E-state index is 6.04. The average Bonchev–Trinajstić information content (AvgIpc) is 2.78. The molecule has 0 N–H and O–H groups in total. The van der Waals surface area contributed by atoms with Gasteiger partial charge in [-0.25, -0.2) is 4.98 Å². The SMILES string of the molecule is Cn1ccc2cc(B3OC(C)(C)C(C)(C)O3)cnc21. The first-order chi connectivity index (χ1) is 8.80. The van der Waals surface area contributed by atoms with Gasteiger partial charge in [0, 0.05) is 30.3 Å². The van der Waals surface area contributed by atoms with Gasteiger partial charge in [0.25, 0.3) is 0 Å². The molecule has 0 aromatic carbocycles. The van der Waals surface area contributed by atoms with Crippen molar-refractivity contribution in [1.29, 1.82) is 0 Å². The van der Waals surface area contributed by atoms with E-state index in [2.05, 4.69) is 44.8 Å². The van der Waals surface area contributed by atoms with Gasteiger partial charge in [-0.1, -0.05) is 0 Å². The molecule has 100 valence electrons. The third kappa shape index (κ3) is 1.88. The van der Waals surface area contributed by atoms with Gasteiger partial charge < -0.3 is 13.9 Å². The van der Waals surface area contributed by atoms with Crippen LogP contribution in [0, 0.1) is 0 Å². The predicted molar refractivity (Wildman–Crippen MR) is 76.4 cm³/mol. The summed E-state index contributed by atoms with van der Waals surface area (Å²) in [4.78, 5) is 4.48. The second-order valence-corrected chi connectivity index (χ2v) is 6.20. The molecule has 0 spiro atoms. The first kappa shape index (κ1) is 12.7. The molecule has 2 aromatic rings. The fraction of sp³-hybridized carbons (Fsp3) is 0.500. The van der Waals surface area contributed by atoms with Crippen molar-refractivity contribution >= 4 is 23.6 Å². The number of rotatable bonds is 1. The molecule has 1 aliphatic rings. The van der Waals surface area contributed by atoms with E-state index in [4.69, 9.17) is 9.31 Å². The van der Waals surface area contributed by atoms with Gasteiger partial charge in [0.1, 0.15) is 5.65 Å². The van der Waals surface area contributed by atoms with E-state index in [1.807, 2.05) is 24.0 Å². The van der Waals surface area contributed by atoms with Crippen molar-refractivity contribution in [3.05, 3.63) is 24.5 Å². The van der Waals surface area contributed by atoms with Crippen LogP contribution in [0.4, 0.5) is 0 Å². The molecule has 0 unspecified atom stereocenters. The van der Waals surface area contributed by atoms with E-state index in [1.165, 1.54) is 0 Å². The maximum Gasteiger partial charge on any atom is 0.496 e. The van der Waals surface area contributed by atoms with E-state index in [9.17, 15) is 0 Å². The Bertz CT molecular complexity index is 617. The van der Waals surface area contributed by atoms with Crippen LogP contribution >= 0.6 is 0 Å². The zero-order chi connectivity index (χ0) is 13.8. The van der Waals surface area contributed by atoms with Gasteiger partial charge in [0.05, 0.1) is 11.2 Å². The third-order valence-corrected chi connectivity index (χ3v) is 4.25. The first-order valence-corrected chi connectivity index (χ1v) is 6.57. The topological polar surface area (TPSA) is 36.3 Å². The van der Waals surface area contributed by atoms with Gasteiger partial charge in [0.15, 0.2) is 0 Å². The number of aromatic nitrogens is 2. The summed E-state index contributed by atoms with van der Waals surface area (Å²) < 4.78 is 14.1. The van der Waals surface area contributed by atoms with Crippen molar-refractivity contribution in [1.82, 2.24) is 9.55 Å². The van der Waals surface area contributed by atoms with E-state index in [-0.39, 0.29) is 18.3 Å². The number of fused-ring (bicyclic) bond motifs is 1. The molecule has 3 heterocycles. The fourth-order valence-electron chi connectivity index (χ4n) is 2.28. The molecule has 0 saturated carbocycles. The maximum absolute atomic E-state index is 6.04. The summed E-state index contributed by atoms with van der Waals surface area (Å²) in [5.41, 5.74) is 1.31. The summed E-state index contributed by atoms with van der Waals surface area (Å²) in [5.74, 6) is 0. The van der Waals surface area contributed by atoms with Crippen molar-refractivity contribution in [2.75, 3.05) is 0 Å². The summed E-state index contributed by atoms with van der Waals surface area (Å²) in [7, 11) is 1.64. The third-order valence-electron chi connectivity index (χ3n) is 4.25. The van der Waals surface area contributed by atoms with E-state index in [0.717, 1.165) is 16.5 Å². The lowest BCUT2D eigenvalue weighted by Crippen LogP contribution is -2.41. The molecule has 0 aliphatic carbocycles. The van der Waals surface area contributed by atoms with Crippen LogP contribution in [-0.2, 0) is 16.4 Å². The molecule has 0 radical (unpaired) electrons. The van der Waals surface area contributed by atoms with Crippen molar-refractivity contribution in [3.63, 3.8) is 0 Å². The summed E-state index contributed by atoms with van der Waals surface area (Å²) in [6.07, 6.45) is 3.84. The van der Waals surface area contributed by atoms with Crippen LogP contribution in [0.15, 0.2) is 24.5 Å². The minimum Gasteiger partial charge on any atom is -0.399 e. The Morgan fingerprint density at radius 2 is 1.79 bits per heavy atom. The van der Waals surface area contributed by atoms with E-state index >= 15 is 0 Å². The Morgan fingerprint density at radius 1 is 1.16 bits per heavy atom. The van der Waals surface area contributed by atoms with E-state index in [1.54, 1.807) is 0 Å². The Balaban J connectivity index is 1.98. The molecular weight excluding hydrogens is 239 g/mol. The molecule has 1 saturated heterocycles. The lowest BCUT2D eigenvalue weighted by Gasteiger charge is -2.32. The van der Waals surface area contributed by atoms with Crippen molar-refractivity contribution in [2.24, 2.45) is 7.05 Å². The molecule has 0 atom stereocenters. The van der Waals surface area contributed by atoms with Crippen LogP contribution in [0.2, 0.25) is 0 Å². The quantitative estimate of drug-likeness (QED) is 0.733. The lowest BCUT2D eigenvalue weighted by atomic mass is 9.80. The molecule has 0 amide bonds. The zero-order valence-corrected chi connectivity index (χ0v) is 12.1. The number of nitrogens with zero attached hydrogens (tertiary/aromatic N) is 2. The largest absolute Gasteiger partial charge is 0.496 e. The van der Waals surface area contributed by atoms with Crippen LogP contribution in [0.1, 0.15) is 27.7 Å². The van der Waals surface area contributed by atoms with Crippen LogP contribution in [0.25, 0.3) is 11.0 Å². The molecule has 2 aromatic heterocycles. The molecule has 19 heavy (non-hydrogen) atoms. The van der Waals surface area contributed by atoms with Gasteiger partial charge in [-0.3, -0.25) is 0 Å². The highest BCUT2D eigenvalue weighted by molar-refractivity contribution is 6.62. The summed E-state index contributed by atoms with van der Waals surface area (Å²) in [6, 6.07) is 4.14. The van der Waals surface area contributed by atoms with E-state index < -0.39 is 0 Å². The molecule has 0 bridgehead atoms. The molecule has 3 rings (SSSR count). The number of pyridine rings is 1. The lowest BCUT2D eigenvalue weighted by molar-refractivity contribution is 0.00578. The van der Waals surface area contributed by atoms with Gasteiger partial charge >= 0.3 is 7.12 Å². The van der Waals surface area contributed by atoms with Gasteiger partial charge in [-0.05, 0) is 39.8 Å². The predicted octanol–water partition coefficient (Wildman–Crippen LogP) is 1.87. The first-order valence-electron chi connectivity index (χ1n) is 6.57. The molecule has 1 fully saturated rings. The summed E-state index contributed by atoms with van der Waals surface area (Å²) in [5, 5.41) is 1.11. The minimum atomic E-state index is -0.345.